The van der Waals surface area contributed by atoms with E-state index < -0.39 is 0 Å². The summed E-state index contributed by atoms with van der Waals surface area (Å²) in [7, 11) is 0. The van der Waals surface area contributed by atoms with Gasteiger partial charge in [-0.25, -0.2) is 0 Å². The summed E-state index contributed by atoms with van der Waals surface area (Å²) >= 11 is 0. The summed E-state index contributed by atoms with van der Waals surface area (Å²) in [5, 5.41) is 12.8. The molecule has 74 valence electrons. The van der Waals surface area contributed by atoms with Crippen LogP contribution < -0.4 is 5.73 Å². The Balaban J connectivity index is 2.23. The molecule has 0 aromatic carbocycles. The van der Waals surface area contributed by atoms with Gasteiger partial charge in [0.1, 0.15) is 0 Å². The van der Waals surface area contributed by atoms with Gasteiger partial charge in [0.05, 0.1) is 25.2 Å². The summed E-state index contributed by atoms with van der Waals surface area (Å²) in [5.41, 5.74) is 8.38. The molecular formula is C10H14N4. The number of fused-ring (bicyclic) bond motifs is 1. The van der Waals surface area contributed by atoms with Crippen molar-refractivity contribution in [1.82, 2.24) is 9.78 Å². The summed E-state index contributed by atoms with van der Waals surface area (Å²) in [6, 6.07) is 2.28. The molecule has 1 aliphatic carbocycles. The minimum atomic E-state index is 0.148. The van der Waals surface area contributed by atoms with Crippen LogP contribution in [0.2, 0.25) is 0 Å². The van der Waals surface area contributed by atoms with E-state index in [0.717, 1.165) is 19.3 Å². The van der Waals surface area contributed by atoms with Crippen LogP contribution in [0, 0.1) is 11.3 Å². The van der Waals surface area contributed by atoms with Crippen molar-refractivity contribution >= 4 is 0 Å². The zero-order valence-electron chi connectivity index (χ0n) is 8.11. The van der Waals surface area contributed by atoms with Gasteiger partial charge in [0, 0.05) is 17.3 Å². The molecule has 14 heavy (non-hydrogen) atoms. The molecule has 1 aromatic heterocycles. The molecule has 0 amide bonds. The first kappa shape index (κ1) is 9.22. The van der Waals surface area contributed by atoms with Gasteiger partial charge in [-0.1, -0.05) is 0 Å². The highest BCUT2D eigenvalue weighted by molar-refractivity contribution is 5.24. The van der Waals surface area contributed by atoms with E-state index in [1.807, 2.05) is 10.9 Å². The molecule has 1 heterocycles. The van der Waals surface area contributed by atoms with E-state index in [1.165, 1.54) is 11.3 Å². The minimum Gasteiger partial charge on any atom is -0.324 e. The third kappa shape index (κ3) is 1.51. The Kier molecular flexibility index (Phi) is 2.51. The van der Waals surface area contributed by atoms with Crippen molar-refractivity contribution in [2.24, 2.45) is 5.73 Å². The minimum absolute atomic E-state index is 0.148. The zero-order chi connectivity index (χ0) is 9.97. The fraction of sp³-hybridized carbons (Fsp3) is 0.600. The van der Waals surface area contributed by atoms with Gasteiger partial charge < -0.3 is 5.73 Å². The fourth-order valence-electron chi connectivity index (χ4n) is 2.00. The molecule has 0 unspecified atom stereocenters. The molecule has 4 heteroatoms. The predicted molar refractivity (Wildman–Crippen MR) is 52.3 cm³/mol. The Hall–Kier alpha value is -1.34. The van der Waals surface area contributed by atoms with E-state index in [4.69, 9.17) is 11.0 Å². The van der Waals surface area contributed by atoms with E-state index >= 15 is 0 Å². The second-order valence-corrected chi connectivity index (χ2v) is 3.68. The van der Waals surface area contributed by atoms with E-state index in [9.17, 15) is 0 Å². The van der Waals surface area contributed by atoms with Gasteiger partial charge in [-0.05, 0) is 19.3 Å². The van der Waals surface area contributed by atoms with Gasteiger partial charge in [-0.3, -0.25) is 4.68 Å². The van der Waals surface area contributed by atoms with Crippen molar-refractivity contribution < 1.29 is 0 Å². The summed E-state index contributed by atoms with van der Waals surface area (Å²) in [6.45, 7) is 0.693. The van der Waals surface area contributed by atoms with Gasteiger partial charge in [-0.15, -0.1) is 0 Å². The Bertz CT molecular complexity index is 361. The van der Waals surface area contributed by atoms with Crippen molar-refractivity contribution in [1.29, 1.82) is 5.26 Å². The predicted octanol–water partition coefficient (Wildman–Crippen LogP) is 1.13. The van der Waals surface area contributed by atoms with Crippen LogP contribution in [0.5, 0.6) is 0 Å². The second-order valence-electron chi connectivity index (χ2n) is 3.68. The molecule has 0 bridgehead atoms. The number of nitriles is 1. The molecule has 0 aliphatic heterocycles. The maximum absolute atomic E-state index is 8.51. The summed E-state index contributed by atoms with van der Waals surface area (Å²) in [4.78, 5) is 0. The highest BCUT2D eigenvalue weighted by Gasteiger charge is 2.20. The number of nitrogens with zero attached hydrogens (tertiary/aromatic N) is 3. The molecule has 0 saturated heterocycles. The lowest BCUT2D eigenvalue weighted by molar-refractivity contribution is 0.524. The quantitative estimate of drug-likeness (QED) is 0.760. The summed E-state index contributed by atoms with van der Waals surface area (Å²) < 4.78 is 1.93. The average Bonchev–Trinajstić information content (AvgIpc) is 2.60. The first-order chi connectivity index (χ1) is 6.83. The topological polar surface area (TPSA) is 67.6 Å². The lowest BCUT2D eigenvalue weighted by Crippen LogP contribution is -2.18. The molecule has 1 aliphatic rings. The van der Waals surface area contributed by atoms with Crippen molar-refractivity contribution in [2.45, 2.75) is 38.3 Å². The van der Waals surface area contributed by atoms with E-state index in [2.05, 4.69) is 11.2 Å². The molecule has 2 rings (SSSR count). The first-order valence-corrected chi connectivity index (χ1v) is 5.00. The van der Waals surface area contributed by atoms with Crippen LogP contribution in [-0.2, 0) is 13.0 Å². The van der Waals surface area contributed by atoms with Gasteiger partial charge in [0.25, 0.3) is 0 Å². The average molecular weight is 190 g/mol. The van der Waals surface area contributed by atoms with Crippen LogP contribution in [0.25, 0.3) is 0 Å². The van der Waals surface area contributed by atoms with E-state index in [0.29, 0.717) is 13.0 Å². The molecule has 2 N–H and O–H groups in total. The lowest BCUT2D eigenvalue weighted by atomic mass is 9.94. The van der Waals surface area contributed by atoms with Crippen molar-refractivity contribution in [3.63, 3.8) is 0 Å². The van der Waals surface area contributed by atoms with Crippen LogP contribution in [0.1, 0.15) is 36.6 Å². The van der Waals surface area contributed by atoms with Crippen molar-refractivity contribution in [3.05, 3.63) is 17.5 Å². The molecule has 4 nitrogen and oxygen atoms in total. The maximum Gasteiger partial charge on any atom is 0.0641 e. The van der Waals surface area contributed by atoms with Gasteiger partial charge in [-0.2, -0.15) is 10.4 Å². The number of hydrogen-bond acceptors (Lipinski definition) is 3. The monoisotopic (exact) mass is 190 g/mol. The molecule has 0 fully saturated rings. The Morgan fingerprint density at radius 1 is 1.71 bits per heavy atom. The van der Waals surface area contributed by atoms with Crippen LogP contribution in [0.15, 0.2) is 6.20 Å². The third-order valence-electron chi connectivity index (χ3n) is 2.74. The Labute approximate surface area is 83.3 Å². The lowest BCUT2D eigenvalue weighted by Gasteiger charge is -2.19. The van der Waals surface area contributed by atoms with E-state index in [1.54, 1.807) is 0 Å². The smallest absolute Gasteiger partial charge is 0.0641 e. The van der Waals surface area contributed by atoms with Gasteiger partial charge >= 0.3 is 0 Å². The maximum atomic E-state index is 8.51. The number of hydrogen-bond donors (Lipinski definition) is 1. The Morgan fingerprint density at radius 2 is 2.57 bits per heavy atom. The molecular weight excluding hydrogens is 176 g/mol. The second kappa shape index (κ2) is 3.81. The highest BCUT2D eigenvalue weighted by atomic mass is 15.3. The summed E-state index contributed by atoms with van der Waals surface area (Å²) in [6.07, 6.45) is 5.61. The van der Waals surface area contributed by atoms with Crippen LogP contribution >= 0.6 is 0 Å². The highest BCUT2D eigenvalue weighted by Crippen LogP contribution is 2.27. The number of nitrogens with two attached hydrogens (primary N) is 1. The summed E-state index contributed by atoms with van der Waals surface area (Å²) in [5.74, 6) is 0. The van der Waals surface area contributed by atoms with Crippen molar-refractivity contribution in [2.75, 3.05) is 0 Å². The Morgan fingerprint density at radius 3 is 3.36 bits per heavy atom. The molecule has 0 spiro atoms. The standard InChI is InChI=1S/C10H14N4/c11-5-2-6-14-10-4-1-3-9(12)8(10)7-13-14/h7,9H,1-4,6,12H2/t9-/m1/s1. The SMILES string of the molecule is N#CCCn1ncc2c1CCC[C@H]2N. The van der Waals surface area contributed by atoms with Gasteiger partial charge in [0.2, 0.25) is 0 Å². The normalized spacial score (nSPS) is 20.1. The molecule has 0 saturated carbocycles. The largest absolute Gasteiger partial charge is 0.324 e. The van der Waals surface area contributed by atoms with Crippen molar-refractivity contribution in [3.8, 4) is 6.07 Å². The number of aromatic nitrogens is 2. The van der Waals surface area contributed by atoms with E-state index in [-0.39, 0.29) is 6.04 Å². The van der Waals surface area contributed by atoms with Crippen LogP contribution in [0.4, 0.5) is 0 Å². The van der Waals surface area contributed by atoms with Crippen LogP contribution in [-0.4, -0.2) is 9.78 Å². The number of rotatable bonds is 2. The molecule has 1 aromatic rings. The molecule has 0 radical (unpaired) electrons. The first-order valence-electron chi connectivity index (χ1n) is 5.00. The fourth-order valence-corrected chi connectivity index (χ4v) is 2.00. The zero-order valence-corrected chi connectivity index (χ0v) is 8.11. The molecule has 1 atom stereocenters. The van der Waals surface area contributed by atoms with Gasteiger partial charge in [0.15, 0.2) is 0 Å². The van der Waals surface area contributed by atoms with Crippen LogP contribution in [0.3, 0.4) is 0 Å². The number of aryl methyl sites for hydroxylation is 1. The third-order valence-corrected chi connectivity index (χ3v) is 2.74.